The van der Waals surface area contributed by atoms with E-state index in [1.807, 2.05) is 25.1 Å². The van der Waals surface area contributed by atoms with Crippen molar-refractivity contribution in [2.45, 2.75) is 27.7 Å². The number of rotatable bonds is 2. The van der Waals surface area contributed by atoms with E-state index in [0.717, 1.165) is 10.0 Å². The molecule has 4 nitrogen and oxygen atoms in total. The first kappa shape index (κ1) is 16.0. The van der Waals surface area contributed by atoms with E-state index in [4.69, 9.17) is 0 Å². The SMILES string of the molecule is Cc1ccc(NC(=O)[C@@H]2C(=O)NC[C@H]2C(C)(C)C)cc1Br. The van der Waals surface area contributed by atoms with Crippen molar-refractivity contribution in [1.82, 2.24) is 5.32 Å². The minimum atomic E-state index is -0.634. The van der Waals surface area contributed by atoms with E-state index in [1.54, 1.807) is 0 Å². The Morgan fingerprint density at radius 2 is 2.05 bits per heavy atom. The van der Waals surface area contributed by atoms with Crippen LogP contribution in [-0.2, 0) is 9.59 Å². The van der Waals surface area contributed by atoms with Crippen LogP contribution in [0.25, 0.3) is 0 Å². The van der Waals surface area contributed by atoms with Gasteiger partial charge in [0.2, 0.25) is 11.8 Å². The highest BCUT2D eigenvalue weighted by atomic mass is 79.9. The number of aryl methyl sites for hydroxylation is 1. The van der Waals surface area contributed by atoms with Gasteiger partial charge in [0.1, 0.15) is 5.92 Å². The third-order valence-electron chi connectivity index (χ3n) is 4.02. The fourth-order valence-electron chi connectivity index (χ4n) is 2.62. The van der Waals surface area contributed by atoms with Crippen LogP contribution >= 0.6 is 15.9 Å². The second-order valence-corrected chi connectivity index (χ2v) is 7.50. The fourth-order valence-corrected chi connectivity index (χ4v) is 3.00. The zero-order valence-electron chi connectivity index (χ0n) is 12.8. The Kier molecular flexibility index (Phi) is 4.42. The van der Waals surface area contributed by atoms with Gasteiger partial charge in [-0.15, -0.1) is 0 Å². The molecule has 0 aromatic heterocycles. The maximum absolute atomic E-state index is 12.5. The minimum absolute atomic E-state index is 0.00103. The van der Waals surface area contributed by atoms with Crippen LogP contribution in [0.4, 0.5) is 5.69 Å². The molecule has 2 atom stereocenters. The van der Waals surface area contributed by atoms with Crippen molar-refractivity contribution in [3.8, 4) is 0 Å². The number of carbonyl (C=O) groups is 2. The predicted molar refractivity (Wildman–Crippen MR) is 87.0 cm³/mol. The molecule has 21 heavy (non-hydrogen) atoms. The summed E-state index contributed by atoms with van der Waals surface area (Å²) in [5.41, 5.74) is 1.69. The van der Waals surface area contributed by atoms with E-state index in [1.165, 1.54) is 0 Å². The molecule has 1 fully saturated rings. The van der Waals surface area contributed by atoms with Crippen molar-refractivity contribution in [3.05, 3.63) is 28.2 Å². The molecule has 1 heterocycles. The van der Waals surface area contributed by atoms with Gasteiger partial charge >= 0.3 is 0 Å². The van der Waals surface area contributed by atoms with Crippen molar-refractivity contribution >= 4 is 33.4 Å². The molecule has 0 saturated carbocycles. The van der Waals surface area contributed by atoms with Gasteiger partial charge in [0, 0.05) is 22.6 Å². The Bertz CT molecular complexity index is 578. The molecular formula is C16H21BrN2O2. The van der Waals surface area contributed by atoms with Gasteiger partial charge in [-0.25, -0.2) is 0 Å². The van der Waals surface area contributed by atoms with E-state index in [9.17, 15) is 9.59 Å². The number of anilines is 1. The number of nitrogens with one attached hydrogen (secondary N) is 2. The molecule has 0 radical (unpaired) electrons. The standard InChI is InChI=1S/C16H21BrN2O2/c1-9-5-6-10(7-12(9)17)19-15(21)13-11(16(2,3)4)8-18-14(13)20/h5-7,11,13H,8H2,1-4H3,(H,18,20)(H,19,21)/t11-,13+/m1/s1. The van der Waals surface area contributed by atoms with Crippen LogP contribution in [0, 0.1) is 24.2 Å². The fraction of sp³-hybridized carbons (Fsp3) is 0.500. The second kappa shape index (κ2) is 5.79. The van der Waals surface area contributed by atoms with Gasteiger partial charge in [-0.3, -0.25) is 9.59 Å². The number of amides is 2. The topological polar surface area (TPSA) is 58.2 Å². The van der Waals surface area contributed by atoms with Gasteiger partial charge in [0.05, 0.1) is 0 Å². The second-order valence-electron chi connectivity index (χ2n) is 6.65. The van der Waals surface area contributed by atoms with Crippen molar-refractivity contribution in [2.24, 2.45) is 17.3 Å². The number of carbonyl (C=O) groups excluding carboxylic acids is 2. The highest BCUT2D eigenvalue weighted by Crippen LogP contribution is 2.35. The maximum atomic E-state index is 12.5. The largest absolute Gasteiger partial charge is 0.355 e. The molecule has 1 aliphatic heterocycles. The van der Waals surface area contributed by atoms with Crippen LogP contribution in [-0.4, -0.2) is 18.4 Å². The third kappa shape index (κ3) is 3.46. The molecule has 1 saturated heterocycles. The zero-order valence-corrected chi connectivity index (χ0v) is 14.4. The maximum Gasteiger partial charge on any atom is 0.237 e. The van der Waals surface area contributed by atoms with E-state index < -0.39 is 5.92 Å². The van der Waals surface area contributed by atoms with Gasteiger partial charge in [-0.1, -0.05) is 42.8 Å². The van der Waals surface area contributed by atoms with Gasteiger partial charge < -0.3 is 10.6 Å². The first-order chi connectivity index (χ1) is 9.70. The van der Waals surface area contributed by atoms with Gasteiger partial charge in [-0.2, -0.15) is 0 Å². The summed E-state index contributed by atoms with van der Waals surface area (Å²) in [6.07, 6.45) is 0. The van der Waals surface area contributed by atoms with Crippen molar-refractivity contribution < 1.29 is 9.59 Å². The first-order valence-corrected chi connectivity index (χ1v) is 7.84. The lowest BCUT2D eigenvalue weighted by atomic mass is 9.74. The molecule has 0 bridgehead atoms. The zero-order chi connectivity index (χ0) is 15.8. The van der Waals surface area contributed by atoms with Crippen LogP contribution in [0.2, 0.25) is 0 Å². The van der Waals surface area contributed by atoms with Crippen LogP contribution < -0.4 is 10.6 Å². The van der Waals surface area contributed by atoms with Gasteiger partial charge in [0.25, 0.3) is 0 Å². The smallest absolute Gasteiger partial charge is 0.237 e. The number of hydrogen-bond acceptors (Lipinski definition) is 2. The van der Waals surface area contributed by atoms with Crippen LogP contribution in [0.15, 0.2) is 22.7 Å². The number of halogens is 1. The van der Waals surface area contributed by atoms with E-state index in [0.29, 0.717) is 12.2 Å². The highest BCUT2D eigenvalue weighted by molar-refractivity contribution is 9.10. The molecule has 0 unspecified atom stereocenters. The summed E-state index contributed by atoms with van der Waals surface area (Å²) in [5, 5.41) is 5.66. The highest BCUT2D eigenvalue weighted by Gasteiger charge is 2.45. The van der Waals surface area contributed by atoms with Crippen molar-refractivity contribution in [1.29, 1.82) is 0 Å². The molecular weight excluding hydrogens is 332 g/mol. The third-order valence-corrected chi connectivity index (χ3v) is 4.87. The lowest BCUT2D eigenvalue weighted by Crippen LogP contribution is -2.37. The molecule has 1 aliphatic rings. The Morgan fingerprint density at radius 1 is 1.38 bits per heavy atom. The molecule has 2 N–H and O–H groups in total. The molecule has 0 aliphatic carbocycles. The normalized spacial score (nSPS) is 22.0. The molecule has 114 valence electrons. The average Bonchev–Trinajstić information content (AvgIpc) is 2.76. The molecule has 5 heteroatoms. The molecule has 2 rings (SSSR count). The van der Waals surface area contributed by atoms with Crippen LogP contribution in [0.5, 0.6) is 0 Å². The van der Waals surface area contributed by atoms with Gasteiger partial charge in [-0.05, 0) is 30.0 Å². The number of benzene rings is 1. The van der Waals surface area contributed by atoms with E-state index >= 15 is 0 Å². The average molecular weight is 353 g/mol. The first-order valence-electron chi connectivity index (χ1n) is 7.05. The Labute approximate surface area is 133 Å². The lowest BCUT2D eigenvalue weighted by Gasteiger charge is -2.29. The Morgan fingerprint density at radius 3 is 2.62 bits per heavy atom. The summed E-state index contributed by atoms with van der Waals surface area (Å²) in [6.45, 7) is 8.70. The Hall–Kier alpha value is -1.36. The van der Waals surface area contributed by atoms with Crippen LogP contribution in [0.3, 0.4) is 0 Å². The molecule has 1 aromatic carbocycles. The van der Waals surface area contributed by atoms with E-state index in [-0.39, 0.29) is 23.1 Å². The quantitative estimate of drug-likeness (QED) is 0.803. The van der Waals surface area contributed by atoms with Crippen LogP contribution in [0.1, 0.15) is 26.3 Å². The molecule has 0 spiro atoms. The molecule has 2 amide bonds. The number of hydrogen-bond donors (Lipinski definition) is 2. The Balaban J connectivity index is 2.18. The minimum Gasteiger partial charge on any atom is -0.355 e. The molecule has 1 aromatic rings. The summed E-state index contributed by atoms with van der Waals surface area (Å²) < 4.78 is 0.934. The summed E-state index contributed by atoms with van der Waals surface area (Å²) in [4.78, 5) is 24.5. The monoisotopic (exact) mass is 352 g/mol. The summed E-state index contributed by atoms with van der Waals surface area (Å²) in [6, 6.07) is 5.62. The summed E-state index contributed by atoms with van der Waals surface area (Å²) in [7, 11) is 0. The van der Waals surface area contributed by atoms with Gasteiger partial charge in [0.15, 0.2) is 0 Å². The van der Waals surface area contributed by atoms with E-state index in [2.05, 4.69) is 47.3 Å². The van der Waals surface area contributed by atoms with Crippen molar-refractivity contribution in [3.63, 3.8) is 0 Å². The van der Waals surface area contributed by atoms with Crippen molar-refractivity contribution in [2.75, 3.05) is 11.9 Å². The predicted octanol–water partition coefficient (Wildman–Crippen LogP) is 3.10. The summed E-state index contributed by atoms with van der Waals surface area (Å²) in [5.74, 6) is -1.05. The summed E-state index contributed by atoms with van der Waals surface area (Å²) >= 11 is 3.44. The lowest BCUT2D eigenvalue weighted by molar-refractivity contribution is -0.132.